The fourth-order valence-corrected chi connectivity index (χ4v) is 2.33. The van der Waals surface area contributed by atoms with Crippen LogP contribution in [0, 0.1) is 11.7 Å². The van der Waals surface area contributed by atoms with Gasteiger partial charge in [-0.1, -0.05) is 12.0 Å². The van der Waals surface area contributed by atoms with Gasteiger partial charge in [0.25, 0.3) is 0 Å². The van der Waals surface area contributed by atoms with Crippen LogP contribution in [0.25, 0.3) is 10.4 Å². The van der Waals surface area contributed by atoms with Gasteiger partial charge in [0.15, 0.2) is 0 Å². The predicted molar refractivity (Wildman–Crippen MR) is 76.7 cm³/mol. The molecule has 7 heteroatoms. The van der Waals surface area contributed by atoms with E-state index in [0.717, 1.165) is 6.42 Å². The lowest BCUT2D eigenvalue weighted by Crippen LogP contribution is -2.25. The SMILES string of the molecule is CCCOc1cc(F)ccc1N1CC(CN=[N+]=[N-])CC1=O. The van der Waals surface area contributed by atoms with E-state index >= 15 is 0 Å². The Morgan fingerprint density at radius 3 is 3.10 bits per heavy atom. The van der Waals surface area contributed by atoms with Crippen LogP contribution >= 0.6 is 0 Å². The van der Waals surface area contributed by atoms with Gasteiger partial charge in [-0.2, -0.15) is 0 Å². The van der Waals surface area contributed by atoms with E-state index in [2.05, 4.69) is 10.0 Å². The average Bonchev–Trinajstić information content (AvgIpc) is 2.84. The molecule has 21 heavy (non-hydrogen) atoms. The van der Waals surface area contributed by atoms with Crippen LogP contribution in [0.3, 0.4) is 0 Å². The van der Waals surface area contributed by atoms with Crippen LogP contribution in [-0.2, 0) is 4.79 Å². The van der Waals surface area contributed by atoms with Crippen molar-refractivity contribution in [2.45, 2.75) is 19.8 Å². The molecule has 0 N–H and O–H groups in total. The van der Waals surface area contributed by atoms with Crippen LogP contribution in [0.4, 0.5) is 10.1 Å². The third-order valence-corrected chi connectivity index (χ3v) is 3.28. The summed E-state index contributed by atoms with van der Waals surface area (Å²) in [5.41, 5.74) is 8.91. The van der Waals surface area contributed by atoms with E-state index in [1.165, 1.54) is 12.1 Å². The molecular formula is C14H17FN4O2. The van der Waals surface area contributed by atoms with Crippen molar-refractivity contribution in [1.82, 2.24) is 0 Å². The maximum atomic E-state index is 13.4. The Morgan fingerprint density at radius 1 is 1.57 bits per heavy atom. The maximum Gasteiger partial charge on any atom is 0.227 e. The number of benzene rings is 1. The van der Waals surface area contributed by atoms with Crippen LogP contribution < -0.4 is 9.64 Å². The lowest BCUT2D eigenvalue weighted by atomic mass is 10.1. The van der Waals surface area contributed by atoms with E-state index in [1.54, 1.807) is 11.0 Å². The molecule has 1 amide bonds. The minimum absolute atomic E-state index is 0.0162. The fourth-order valence-electron chi connectivity index (χ4n) is 2.33. The summed E-state index contributed by atoms with van der Waals surface area (Å²) in [7, 11) is 0. The summed E-state index contributed by atoms with van der Waals surface area (Å²) in [6.45, 7) is 3.15. The van der Waals surface area contributed by atoms with Crippen molar-refractivity contribution in [2.75, 3.05) is 24.6 Å². The molecule has 0 saturated carbocycles. The molecule has 1 aliphatic rings. The second kappa shape index (κ2) is 6.95. The molecule has 0 spiro atoms. The van der Waals surface area contributed by atoms with E-state index in [0.29, 0.717) is 31.0 Å². The minimum Gasteiger partial charge on any atom is -0.491 e. The molecular weight excluding hydrogens is 275 g/mol. The zero-order valence-corrected chi connectivity index (χ0v) is 11.8. The summed E-state index contributed by atoms with van der Waals surface area (Å²) >= 11 is 0. The smallest absolute Gasteiger partial charge is 0.227 e. The Hall–Kier alpha value is -2.27. The molecule has 1 unspecified atom stereocenters. The lowest BCUT2D eigenvalue weighted by molar-refractivity contribution is -0.117. The van der Waals surface area contributed by atoms with Gasteiger partial charge in [-0.25, -0.2) is 4.39 Å². The molecule has 0 aromatic heterocycles. The Morgan fingerprint density at radius 2 is 2.38 bits per heavy atom. The molecule has 1 aromatic carbocycles. The summed E-state index contributed by atoms with van der Waals surface area (Å²) in [6.07, 6.45) is 1.12. The van der Waals surface area contributed by atoms with Crippen molar-refractivity contribution in [3.63, 3.8) is 0 Å². The number of nitrogens with zero attached hydrogens (tertiary/aromatic N) is 4. The number of rotatable bonds is 6. The van der Waals surface area contributed by atoms with Gasteiger partial charge in [0.1, 0.15) is 11.6 Å². The number of carbonyl (C=O) groups is 1. The van der Waals surface area contributed by atoms with Gasteiger partial charge in [0.05, 0.1) is 12.3 Å². The number of ether oxygens (including phenoxy) is 1. The molecule has 1 saturated heterocycles. The van der Waals surface area contributed by atoms with Crippen molar-refractivity contribution < 1.29 is 13.9 Å². The summed E-state index contributed by atoms with van der Waals surface area (Å²) < 4.78 is 18.9. The topological polar surface area (TPSA) is 78.3 Å². The van der Waals surface area contributed by atoms with Crippen LogP contribution in [-0.4, -0.2) is 25.6 Å². The van der Waals surface area contributed by atoms with Gasteiger partial charge in [-0.3, -0.25) is 4.79 Å². The number of hydrogen-bond donors (Lipinski definition) is 0. The maximum absolute atomic E-state index is 13.4. The van der Waals surface area contributed by atoms with Crippen LogP contribution in [0.5, 0.6) is 5.75 Å². The van der Waals surface area contributed by atoms with Crippen molar-refractivity contribution >= 4 is 11.6 Å². The molecule has 2 rings (SSSR count). The molecule has 6 nitrogen and oxygen atoms in total. The van der Waals surface area contributed by atoms with Crippen LogP contribution in [0.2, 0.25) is 0 Å². The van der Waals surface area contributed by atoms with Crippen molar-refractivity contribution in [3.8, 4) is 5.75 Å². The summed E-state index contributed by atoms with van der Waals surface area (Å²) in [5, 5.41) is 3.51. The van der Waals surface area contributed by atoms with Gasteiger partial charge in [-0.15, -0.1) is 0 Å². The molecule has 112 valence electrons. The number of anilines is 1. The normalized spacial score (nSPS) is 17.7. The third kappa shape index (κ3) is 3.64. The molecule has 1 aromatic rings. The second-order valence-electron chi connectivity index (χ2n) is 4.95. The fraction of sp³-hybridized carbons (Fsp3) is 0.500. The van der Waals surface area contributed by atoms with Gasteiger partial charge >= 0.3 is 0 Å². The zero-order chi connectivity index (χ0) is 15.2. The Labute approximate surface area is 122 Å². The number of azide groups is 1. The van der Waals surface area contributed by atoms with Crippen molar-refractivity contribution in [3.05, 3.63) is 34.5 Å². The first-order valence-electron chi connectivity index (χ1n) is 6.89. The minimum atomic E-state index is -0.401. The van der Waals surface area contributed by atoms with E-state index in [1.807, 2.05) is 6.92 Å². The van der Waals surface area contributed by atoms with Crippen molar-refractivity contribution in [1.29, 1.82) is 0 Å². The van der Waals surface area contributed by atoms with Gasteiger partial charge in [0, 0.05) is 30.5 Å². The van der Waals surface area contributed by atoms with Crippen LogP contribution in [0.1, 0.15) is 19.8 Å². The standard InChI is InChI=1S/C14H17FN4O2/c1-2-5-21-13-7-11(15)3-4-12(13)19-9-10(6-14(19)20)8-17-18-16/h3-4,7,10H,2,5-6,8-9H2,1H3. The molecule has 1 heterocycles. The number of halogens is 1. The summed E-state index contributed by atoms with van der Waals surface area (Å²) in [4.78, 5) is 16.4. The van der Waals surface area contributed by atoms with E-state index < -0.39 is 5.82 Å². The number of hydrogen-bond acceptors (Lipinski definition) is 3. The Kier molecular flexibility index (Phi) is 5.00. The summed E-state index contributed by atoms with van der Waals surface area (Å²) in [6, 6.07) is 4.15. The average molecular weight is 292 g/mol. The Balaban J connectivity index is 2.20. The highest BCUT2D eigenvalue weighted by Gasteiger charge is 2.31. The molecule has 1 atom stereocenters. The first-order chi connectivity index (χ1) is 10.2. The number of carbonyl (C=O) groups excluding carboxylic acids is 1. The Bertz CT molecular complexity index is 572. The van der Waals surface area contributed by atoms with Crippen molar-refractivity contribution in [2.24, 2.45) is 11.0 Å². The predicted octanol–water partition coefficient (Wildman–Crippen LogP) is 3.28. The van der Waals surface area contributed by atoms with Crippen LogP contribution in [0.15, 0.2) is 23.3 Å². The highest BCUT2D eigenvalue weighted by molar-refractivity contribution is 5.97. The molecule has 1 aliphatic heterocycles. The third-order valence-electron chi connectivity index (χ3n) is 3.28. The first kappa shape index (κ1) is 15.1. The molecule has 1 fully saturated rings. The van der Waals surface area contributed by atoms with E-state index in [-0.39, 0.29) is 18.4 Å². The lowest BCUT2D eigenvalue weighted by Gasteiger charge is -2.20. The van der Waals surface area contributed by atoms with Gasteiger partial charge in [-0.05, 0) is 30.0 Å². The first-order valence-corrected chi connectivity index (χ1v) is 6.89. The highest BCUT2D eigenvalue weighted by Crippen LogP contribution is 2.34. The number of amides is 1. The molecule has 0 radical (unpaired) electrons. The second-order valence-corrected chi connectivity index (χ2v) is 4.95. The van der Waals surface area contributed by atoms with Gasteiger partial charge < -0.3 is 9.64 Å². The van der Waals surface area contributed by atoms with Gasteiger partial charge in [0.2, 0.25) is 5.91 Å². The zero-order valence-electron chi connectivity index (χ0n) is 11.8. The van der Waals surface area contributed by atoms with E-state index in [4.69, 9.17) is 10.3 Å². The largest absolute Gasteiger partial charge is 0.491 e. The van der Waals surface area contributed by atoms with E-state index in [9.17, 15) is 9.18 Å². The molecule has 0 bridgehead atoms. The highest BCUT2D eigenvalue weighted by atomic mass is 19.1. The monoisotopic (exact) mass is 292 g/mol. The summed E-state index contributed by atoms with van der Waals surface area (Å²) in [5.74, 6) is -0.115. The quantitative estimate of drug-likeness (QED) is 0.458. The molecule has 0 aliphatic carbocycles.